The smallest absolute Gasteiger partial charge is 0.0201 e. The second kappa shape index (κ2) is 5.33. The summed E-state index contributed by atoms with van der Waals surface area (Å²) in [5, 5.41) is 2.58. The van der Waals surface area contributed by atoms with Crippen LogP contribution in [0.1, 0.15) is 5.56 Å². The van der Waals surface area contributed by atoms with Crippen LogP contribution in [-0.2, 0) is 0 Å². The summed E-state index contributed by atoms with van der Waals surface area (Å²) in [5.74, 6) is 0. The molecule has 0 aliphatic carbocycles. The number of hydrogen-bond donors (Lipinski definition) is 0. The summed E-state index contributed by atoms with van der Waals surface area (Å²) in [6.45, 7) is 3.88. The van der Waals surface area contributed by atoms with E-state index in [2.05, 4.69) is 67.2 Å². The van der Waals surface area contributed by atoms with E-state index in [1.807, 2.05) is 12.1 Å². The second-order valence-corrected chi connectivity index (χ2v) is 5.41. The van der Waals surface area contributed by atoms with Crippen molar-refractivity contribution in [3.63, 3.8) is 0 Å². The molecule has 0 bridgehead atoms. The molecule has 0 heterocycles. The zero-order valence-corrected chi connectivity index (χ0v) is 11.4. The van der Waals surface area contributed by atoms with Gasteiger partial charge < -0.3 is 0 Å². The van der Waals surface area contributed by atoms with Gasteiger partial charge in [-0.2, -0.15) is 0 Å². The van der Waals surface area contributed by atoms with Crippen molar-refractivity contribution in [2.75, 3.05) is 0 Å². The standard InChI is InChI=1S/C18H14S/c1-2-14-8-4-6-12-17(14)19-18-13-7-10-15-9-3-5-11-16(15)18/h2-13H,1H2. The van der Waals surface area contributed by atoms with E-state index < -0.39 is 0 Å². The first-order valence-electron chi connectivity index (χ1n) is 6.25. The fourth-order valence-electron chi connectivity index (χ4n) is 2.15. The molecule has 0 radical (unpaired) electrons. The summed E-state index contributed by atoms with van der Waals surface area (Å²) < 4.78 is 0. The van der Waals surface area contributed by atoms with Crippen LogP contribution in [0.5, 0.6) is 0 Å². The minimum absolute atomic E-state index is 1.18. The summed E-state index contributed by atoms with van der Waals surface area (Å²) in [6, 6.07) is 23.3. The van der Waals surface area contributed by atoms with Gasteiger partial charge in [0.05, 0.1) is 0 Å². The van der Waals surface area contributed by atoms with Crippen molar-refractivity contribution in [2.24, 2.45) is 0 Å². The van der Waals surface area contributed by atoms with E-state index in [-0.39, 0.29) is 0 Å². The molecule has 3 aromatic rings. The Hall–Kier alpha value is -1.99. The Morgan fingerprint density at radius 1 is 0.737 bits per heavy atom. The molecule has 0 spiro atoms. The van der Waals surface area contributed by atoms with E-state index in [4.69, 9.17) is 0 Å². The van der Waals surface area contributed by atoms with Crippen LogP contribution in [0.4, 0.5) is 0 Å². The largest absolute Gasteiger partial charge is 0.0984 e. The van der Waals surface area contributed by atoms with E-state index in [0.717, 1.165) is 0 Å². The topological polar surface area (TPSA) is 0 Å². The Balaban J connectivity index is 2.08. The quantitative estimate of drug-likeness (QED) is 0.589. The van der Waals surface area contributed by atoms with Crippen molar-refractivity contribution in [3.05, 3.63) is 78.9 Å². The number of fused-ring (bicyclic) bond motifs is 1. The minimum atomic E-state index is 1.18. The van der Waals surface area contributed by atoms with E-state index >= 15 is 0 Å². The van der Waals surface area contributed by atoms with Crippen LogP contribution in [0, 0.1) is 0 Å². The Kier molecular flexibility index (Phi) is 3.39. The van der Waals surface area contributed by atoms with Crippen molar-refractivity contribution in [1.82, 2.24) is 0 Å². The maximum atomic E-state index is 3.88. The maximum Gasteiger partial charge on any atom is 0.0201 e. The monoisotopic (exact) mass is 262 g/mol. The van der Waals surface area contributed by atoms with Gasteiger partial charge in [0.25, 0.3) is 0 Å². The van der Waals surface area contributed by atoms with Gasteiger partial charge in [0.1, 0.15) is 0 Å². The zero-order chi connectivity index (χ0) is 13.1. The fraction of sp³-hybridized carbons (Fsp3) is 0. The van der Waals surface area contributed by atoms with Crippen molar-refractivity contribution in [2.45, 2.75) is 9.79 Å². The third kappa shape index (κ3) is 2.42. The average molecular weight is 262 g/mol. The van der Waals surface area contributed by atoms with Gasteiger partial charge in [0.15, 0.2) is 0 Å². The lowest BCUT2D eigenvalue weighted by Gasteiger charge is -2.08. The van der Waals surface area contributed by atoms with Crippen LogP contribution in [0.3, 0.4) is 0 Å². The fourth-order valence-corrected chi connectivity index (χ4v) is 3.24. The van der Waals surface area contributed by atoms with Gasteiger partial charge in [0.2, 0.25) is 0 Å². The highest BCUT2D eigenvalue weighted by Crippen LogP contribution is 2.35. The Labute approximate surface area is 117 Å². The average Bonchev–Trinajstić information content (AvgIpc) is 2.48. The van der Waals surface area contributed by atoms with Gasteiger partial charge >= 0.3 is 0 Å². The van der Waals surface area contributed by atoms with Gasteiger partial charge in [-0.3, -0.25) is 0 Å². The molecule has 0 aliphatic heterocycles. The van der Waals surface area contributed by atoms with Gasteiger partial charge in [-0.1, -0.05) is 79.0 Å². The molecule has 0 N–H and O–H groups in total. The Morgan fingerprint density at radius 3 is 2.32 bits per heavy atom. The third-order valence-corrected chi connectivity index (χ3v) is 4.28. The highest BCUT2D eigenvalue weighted by Gasteiger charge is 2.04. The summed E-state index contributed by atoms with van der Waals surface area (Å²) in [4.78, 5) is 2.53. The van der Waals surface area contributed by atoms with Gasteiger partial charge in [-0.25, -0.2) is 0 Å². The van der Waals surface area contributed by atoms with E-state index in [9.17, 15) is 0 Å². The van der Waals surface area contributed by atoms with Crippen LogP contribution >= 0.6 is 11.8 Å². The molecule has 3 aromatic carbocycles. The van der Waals surface area contributed by atoms with E-state index in [1.165, 1.54) is 26.1 Å². The van der Waals surface area contributed by atoms with E-state index in [1.54, 1.807) is 11.8 Å². The number of benzene rings is 3. The predicted octanol–water partition coefficient (Wildman–Crippen LogP) is 5.63. The second-order valence-electron chi connectivity index (χ2n) is 4.32. The molecule has 0 saturated heterocycles. The molecule has 0 saturated carbocycles. The molecular formula is C18H14S. The van der Waals surface area contributed by atoms with Crippen LogP contribution in [-0.4, -0.2) is 0 Å². The Morgan fingerprint density at radius 2 is 1.42 bits per heavy atom. The van der Waals surface area contributed by atoms with Crippen LogP contribution in [0.2, 0.25) is 0 Å². The summed E-state index contributed by atoms with van der Waals surface area (Å²) >= 11 is 1.80. The molecule has 0 amide bonds. The van der Waals surface area contributed by atoms with Gasteiger partial charge in [-0.15, -0.1) is 0 Å². The SMILES string of the molecule is C=Cc1ccccc1Sc1cccc2ccccc12. The van der Waals surface area contributed by atoms with Crippen molar-refractivity contribution < 1.29 is 0 Å². The van der Waals surface area contributed by atoms with Crippen molar-refractivity contribution in [1.29, 1.82) is 0 Å². The number of hydrogen-bond acceptors (Lipinski definition) is 1. The van der Waals surface area contributed by atoms with Crippen molar-refractivity contribution in [3.8, 4) is 0 Å². The third-order valence-electron chi connectivity index (χ3n) is 3.11. The molecule has 0 fully saturated rings. The van der Waals surface area contributed by atoms with Crippen LogP contribution in [0.25, 0.3) is 16.8 Å². The lowest BCUT2D eigenvalue weighted by atomic mass is 10.1. The molecule has 0 nitrogen and oxygen atoms in total. The molecule has 19 heavy (non-hydrogen) atoms. The summed E-state index contributed by atoms with van der Waals surface area (Å²) in [5.41, 5.74) is 1.18. The maximum absolute atomic E-state index is 3.88. The molecule has 3 rings (SSSR count). The first-order chi connectivity index (χ1) is 9.38. The predicted molar refractivity (Wildman–Crippen MR) is 84.6 cm³/mol. The molecule has 92 valence electrons. The molecule has 0 aromatic heterocycles. The van der Waals surface area contributed by atoms with Crippen LogP contribution in [0.15, 0.2) is 83.1 Å². The molecule has 0 aliphatic rings. The van der Waals surface area contributed by atoms with Crippen LogP contribution < -0.4 is 0 Å². The first-order valence-corrected chi connectivity index (χ1v) is 7.07. The van der Waals surface area contributed by atoms with E-state index in [0.29, 0.717) is 0 Å². The lowest BCUT2D eigenvalue weighted by Crippen LogP contribution is -1.81. The molecule has 0 atom stereocenters. The summed E-state index contributed by atoms with van der Waals surface area (Å²) in [6.07, 6.45) is 1.91. The molecular weight excluding hydrogens is 248 g/mol. The lowest BCUT2D eigenvalue weighted by molar-refractivity contribution is 1.41. The normalized spacial score (nSPS) is 10.5. The van der Waals surface area contributed by atoms with Gasteiger partial charge in [-0.05, 0) is 28.5 Å². The first kappa shape index (κ1) is 12.1. The Bertz CT molecular complexity index is 723. The van der Waals surface area contributed by atoms with Gasteiger partial charge in [0, 0.05) is 9.79 Å². The highest BCUT2D eigenvalue weighted by atomic mass is 32.2. The number of rotatable bonds is 3. The minimum Gasteiger partial charge on any atom is -0.0984 e. The summed E-state index contributed by atoms with van der Waals surface area (Å²) in [7, 11) is 0. The zero-order valence-electron chi connectivity index (χ0n) is 10.5. The molecule has 0 unspecified atom stereocenters. The molecule has 1 heteroatoms. The van der Waals surface area contributed by atoms with Crippen molar-refractivity contribution >= 4 is 28.6 Å². The highest BCUT2D eigenvalue weighted by molar-refractivity contribution is 7.99.